The first-order chi connectivity index (χ1) is 9.49. The smallest absolute Gasteiger partial charge is 0.127 e. The predicted octanol–water partition coefficient (Wildman–Crippen LogP) is 4.60. The van der Waals surface area contributed by atoms with Crippen LogP contribution in [-0.2, 0) is 6.42 Å². The lowest BCUT2D eigenvalue weighted by Gasteiger charge is -2.18. The van der Waals surface area contributed by atoms with Gasteiger partial charge in [0.25, 0.3) is 0 Å². The van der Waals surface area contributed by atoms with E-state index in [1.54, 1.807) is 12.1 Å². The molecule has 0 radical (unpaired) electrons. The van der Waals surface area contributed by atoms with Gasteiger partial charge in [-0.2, -0.15) is 0 Å². The molecule has 0 aliphatic heterocycles. The number of likely N-dealkylation sites (N-methyl/N-ethyl adjacent to an activating group) is 1. The summed E-state index contributed by atoms with van der Waals surface area (Å²) in [7, 11) is 1.90. The van der Waals surface area contributed by atoms with Gasteiger partial charge in [0.15, 0.2) is 0 Å². The summed E-state index contributed by atoms with van der Waals surface area (Å²) in [6.07, 6.45) is 0.600. The Kier molecular flexibility index (Phi) is 4.79. The van der Waals surface area contributed by atoms with Crippen LogP contribution >= 0.6 is 11.6 Å². The van der Waals surface area contributed by atoms with Crippen molar-refractivity contribution in [3.8, 4) is 0 Å². The van der Waals surface area contributed by atoms with Gasteiger partial charge in [-0.05, 0) is 50.6 Å². The molecule has 0 heterocycles. The van der Waals surface area contributed by atoms with Gasteiger partial charge in [0.05, 0.1) is 0 Å². The SMILES string of the molecule is CNC(Cc1ccc(Cl)cc1F)c1cc(C)cc(C)c1. The van der Waals surface area contributed by atoms with Crippen LogP contribution in [-0.4, -0.2) is 7.05 Å². The minimum Gasteiger partial charge on any atom is -0.313 e. The van der Waals surface area contributed by atoms with Crippen molar-refractivity contribution < 1.29 is 4.39 Å². The van der Waals surface area contributed by atoms with Crippen LogP contribution in [0, 0.1) is 19.7 Å². The van der Waals surface area contributed by atoms with Gasteiger partial charge in [-0.25, -0.2) is 4.39 Å². The van der Waals surface area contributed by atoms with Crippen molar-refractivity contribution >= 4 is 11.6 Å². The Bertz CT molecular complexity index is 590. The monoisotopic (exact) mass is 291 g/mol. The van der Waals surface area contributed by atoms with Crippen molar-refractivity contribution in [1.29, 1.82) is 0 Å². The lowest BCUT2D eigenvalue weighted by atomic mass is 9.96. The third kappa shape index (κ3) is 3.59. The van der Waals surface area contributed by atoms with Gasteiger partial charge in [0.1, 0.15) is 5.82 Å². The molecule has 0 aromatic heterocycles. The first-order valence-corrected chi connectivity index (χ1v) is 7.07. The number of halogens is 2. The highest BCUT2D eigenvalue weighted by atomic mass is 35.5. The third-order valence-corrected chi connectivity index (χ3v) is 3.67. The molecule has 106 valence electrons. The molecule has 0 spiro atoms. The van der Waals surface area contributed by atoms with E-state index in [2.05, 4.69) is 37.4 Å². The van der Waals surface area contributed by atoms with Crippen LogP contribution in [0.4, 0.5) is 4.39 Å². The van der Waals surface area contributed by atoms with Crippen molar-refractivity contribution in [3.05, 3.63) is 69.5 Å². The fraction of sp³-hybridized carbons (Fsp3) is 0.294. The highest BCUT2D eigenvalue weighted by molar-refractivity contribution is 6.30. The Morgan fingerprint density at radius 3 is 2.30 bits per heavy atom. The standard InChI is InChI=1S/C17H19ClFN/c1-11-6-12(2)8-14(7-11)17(20-3)9-13-4-5-15(18)10-16(13)19/h4-8,10,17,20H,9H2,1-3H3. The number of benzene rings is 2. The van der Waals surface area contributed by atoms with Crippen LogP contribution in [0.2, 0.25) is 5.02 Å². The summed E-state index contributed by atoms with van der Waals surface area (Å²) in [4.78, 5) is 0. The average Bonchev–Trinajstić information content (AvgIpc) is 2.36. The van der Waals surface area contributed by atoms with E-state index in [1.165, 1.54) is 22.8 Å². The summed E-state index contributed by atoms with van der Waals surface area (Å²) < 4.78 is 13.9. The van der Waals surface area contributed by atoms with Crippen LogP contribution < -0.4 is 5.32 Å². The molecule has 0 fully saturated rings. The van der Waals surface area contributed by atoms with Crippen LogP contribution in [0.3, 0.4) is 0 Å². The molecule has 0 bridgehead atoms. The number of rotatable bonds is 4. The molecule has 3 heteroatoms. The van der Waals surface area contributed by atoms with E-state index in [9.17, 15) is 4.39 Å². The van der Waals surface area contributed by atoms with E-state index < -0.39 is 0 Å². The summed E-state index contributed by atoms with van der Waals surface area (Å²) in [5.41, 5.74) is 4.29. The molecular weight excluding hydrogens is 273 g/mol. The summed E-state index contributed by atoms with van der Waals surface area (Å²) in [6, 6.07) is 11.4. The molecular formula is C17H19ClFN. The van der Waals surface area contributed by atoms with Gasteiger partial charge in [-0.1, -0.05) is 47.0 Å². The van der Waals surface area contributed by atoms with Gasteiger partial charge in [-0.3, -0.25) is 0 Å². The average molecular weight is 292 g/mol. The number of hydrogen-bond donors (Lipinski definition) is 1. The van der Waals surface area contributed by atoms with Crippen LogP contribution in [0.1, 0.15) is 28.3 Å². The van der Waals surface area contributed by atoms with Gasteiger partial charge in [0, 0.05) is 11.1 Å². The summed E-state index contributed by atoms with van der Waals surface area (Å²) in [5.74, 6) is -0.248. The van der Waals surface area contributed by atoms with Crippen molar-refractivity contribution in [2.45, 2.75) is 26.3 Å². The zero-order chi connectivity index (χ0) is 14.7. The fourth-order valence-electron chi connectivity index (χ4n) is 2.50. The van der Waals surface area contributed by atoms with E-state index in [1.807, 2.05) is 7.05 Å². The molecule has 0 amide bonds. The Morgan fingerprint density at radius 2 is 1.75 bits per heavy atom. The van der Waals surface area contributed by atoms with Crippen molar-refractivity contribution in [2.24, 2.45) is 0 Å². The van der Waals surface area contributed by atoms with Crippen molar-refractivity contribution in [1.82, 2.24) is 5.32 Å². The lowest BCUT2D eigenvalue weighted by molar-refractivity contribution is 0.554. The highest BCUT2D eigenvalue weighted by Gasteiger charge is 2.13. The molecule has 1 unspecified atom stereocenters. The zero-order valence-corrected chi connectivity index (χ0v) is 12.8. The maximum absolute atomic E-state index is 13.9. The number of hydrogen-bond acceptors (Lipinski definition) is 1. The maximum Gasteiger partial charge on any atom is 0.127 e. The molecule has 20 heavy (non-hydrogen) atoms. The Balaban J connectivity index is 2.28. The van der Waals surface area contributed by atoms with E-state index in [0.29, 0.717) is 17.0 Å². The molecule has 1 nitrogen and oxygen atoms in total. The zero-order valence-electron chi connectivity index (χ0n) is 12.0. The molecule has 0 saturated carbocycles. The van der Waals surface area contributed by atoms with Crippen LogP contribution in [0.5, 0.6) is 0 Å². The first-order valence-electron chi connectivity index (χ1n) is 6.69. The number of nitrogens with one attached hydrogen (secondary N) is 1. The molecule has 2 aromatic carbocycles. The van der Waals surface area contributed by atoms with E-state index in [0.717, 1.165) is 0 Å². The topological polar surface area (TPSA) is 12.0 Å². The fourth-order valence-corrected chi connectivity index (χ4v) is 2.66. The molecule has 2 aromatic rings. The maximum atomic E-state index is 13.9. The number of aryl methyl sites for hydroxylation is 2. The molecule has 0 aliphatic rings. The van der Waals surface area contributed by atoms with Crippen LogP contribution in [0.15, 0.2) is 36.4 Å². The quantitative estimate of drug-likeness (QED) is 0.868. The van der Waals surface area contributed by atoms with E-state index in [4.69, 9.17) is 11.6 Å². The highest BCUT2D eigenvalue weighted by Crippen LogP contribution is 2.23. The first kappa shape index (κ1) is 15.0. The van der Waals surface area contributed by atoms with Crippen molar-refractivity contribution in [2.75, 3.05) is 7.05 Å². The molecule has 0 saturated heterocycles. The van der Waals surface area contributed by atoms with Crippen molar-refractivity contribution in [3.63, 3.8) is 0 Å². The Labute approximate surface area is 124 Å². The molecule has 1 N–H and O–H groups in total. The third-order valence-electron chi connectivity index (χ3n) is 3.43. The van der Waals surface area contributed by atoms with Gasteiger partial charge in [-0.15, -0.1) is 0 Å². The summed E-state index contributed by atoms with van der Waals surface area (Å²) in [6.45, 7) is 4.15. The second kappa shape index (κ2) is 6.38. The molecule has 2 rings (SSSR count). The minimum atomic E-state index is -0.248. The van der Waals surface area contributed by atoms with Gasteiger partial charge in [0.2, 0.25) is 0 Å². The predicted molar refractivity (Wildman–Crippen MR) is 82.8 cm³/mol. The molecule has 1 atom stereocenters. The summed E-state index contributed by atoms with van der Waals surface area (Å²) >= 11 is 5.79. The second-order valence-electron chi connectivity index (χ2n) is 5.20. The normalized spacial score (nSPS) is 12.4. The largest absolute Gasteiger partial charge is 0.313 e. The van der Waals surface area contributed by atoms with Gasteiger partial charge >= 0.3 is 0 Å². The van der Waals surface area contributed by atoms with E-state index >= 15 is 0 Å². The Morgan fingerprint density at radius 1 is 1.10 bits per heavy atom. The van der Waals surface area contributed by atoms with E-state index in [-0.39, 0.29) is 11.9 Å². The minimum absolute atomic E-state index is 0.0873. The van der Waals surface area contributed by atoms with Crippen LogP contribution in [0.25, 0.3) is 0 Å². The lowest BCUT2D eigenvalue weighted by Crippen LogP contribution is -2.19. The van der Waals surface area contributed by atoms with Gasteiger partial charge < -0.3 is 5.32 Å². The second-order valence-corrected chi connectivity index (χ2v) is 5.64. The Hall–Kier alpha value is -1.38. The molecule has 0 aliphatic carbocycles. The summed E-state index contributed by atoms with van der Waals surface area (Å²) in [5, 5.41) is 3.69.